The summed E-state index contributed by atoms with van der Waals surface area (Å²) in [6.07, 6.45) is 7.28. The molecular weight excluding hydrogens is 476 g/mol. The Bertz CT molecular complexity index is 1510. The molecule has 0 spiro atoms. The maximum Gasteiger partial charge on any atom is 0.423 e. The summed E-state index contributed by atoms with van der Waals surface area (Å²) >= 11 is 0. The van der Waals surface area contributed by atoms with Crippen LogP contribution in [0.2, 0.25) is 0 Å². The summed E-state index contributed by atoms with van der Waals surface area (Å²) in [6.45, 7) is 0. The Kier molecular flexibility index (Phi) is 8.22. The zero-order valence-electron chi connectivity index (χ0n) is 20.1. The van der Waals surface area contributed by atoms with E-state index in [1.807, 2.05) is 48.6 Å². The number of carbonyl (C=O) groups is 2. The molecule has 0 radical (unpaired) electrons. The lowest BCUT2D eigenvalue weighted by molar-refractivity contribution is -0.156. The minimum Gasteiger partial charge on any atom is -0.418 e. The predicted molar refractivity (Wildman–Crippen MR) is 144 cm³/mol. The topological polar surface area (TPSA) is 100 Å². The zero-order valence-corrected chi connectivity index (χ0v) is 20.1. The molecule has 0 saturated heterocycles. The lowest BCUT2D eigenvalue weighted by Gasteiger charge is -2.06. The molecular formula is C32H20N2O4. The van der Waals surface area contributed by atoms with Crippen LogP contribution in [0, 0.1) is 22.7 Å². The van der Waals surface area contributed by atoms with Crippen molar-refractivity contribution in [1.82, 2.24) is 0 Å². The van der Waals surface area contributed by atoms with E-state index in [9.17, 15) is 9.59 Å². The highest BCUT2D eigenvalue weighted by atomic mass is 16.6. The lowest BCUT2D eigenvalue weighted by atomic mass is 10.1. The van der Waals surface area contributed by atoms with Gasteiger partial charge in [-0.05, 0) is 70.8 Å². The molecule has 6 nitrogen and oxygen atoms in total. The van der Waals surface area contributed by atoms with Crippen LogP contribution in [0.1, 0.15) is 33.4 Å². The monoisotopic (exact) mass is 496 g/mol. The number of nitriles is 2. The highest BCUT2D eigenvalue weighted by molar-refractivity contribution is 6.31. The van der Waals surface area contributed by atoms with E-state index in [-0.39, 0.29) is 11.5 Å². The number of carbonyl (C=O) groups excluding carboxylic acids is 2. The Morgan fingerprint density at radius 2 is 0.868 bits per heavy atom. The van der Waals surface area contributed by atoms with Crippen molar-refractivity contribution < 1.29 is 19.1 Å². The van der Waals surface area contributed by atoms with Crippen molar-refractivity contribution >= 4 is 36.2 Å². The number of nitrogens with zero attached hydrogens (tertiary/aromatic N) is 2. The molecule has 0 aliphatic rings. The molecule has 0 aliphatic carbocycles. The molecule has 4 rings (SSSR count). The molecule has 0 aliphatic heterocycles. The predicted octanol–water partition coefficient (Wildman–Crippen LogP) is 6.28. The first-order chi connectivity index (χ1) is 18.5. The van der Waals surface area contributed by atoms with Gasteiger partial charge in [-0.15, -0.1) is 0 Å². The summed E-state index contributed by atoms with van der Waals surface area (Å²) in [7, 11) is 0. The van der Waals surface area contributed by atoms with E-state index >= 15 is 0 Å². The van der Waals surface area contributed by atoms with Gasteiger partial charge in [0.05, 0.1) is 23.3 Å². The van der Waals surface area contributed by atoms with Crippen LogP contribution in [0.15, 0.2) is 97.1 Å². The molecule has 4 aromatic carbocycles. The van der Waals surface area contributed by atoms with Crippen LogP contribution in [-0.2, 0) is 9.59 Å². The standard InChI is InChI=1S/C32H20N2O4/c33-21-27-9-1-5-23(17-27)13-15-25-7-3-11-29(19-25)37-31(35)32(36)38-30-12-4-8-26(20-30)16-14-24-6-2-10-28(18-24)22-34/h1-20H/b15-13+,16-14+. The van der Waals surface area contributed by atoms with Gasteiger partial charge in [0.15, 0.2) is 0 Å². The molecule has 38 heavy (non-hydrogen) atoms. The quantitative estimate of drug-likeness (QED) is 0.135. The Hall–Kier alpha value is -5.72. The van der Waals surface area contributed by atoms with E-state index in [1.54, 1.807) is 72.8 Å². The summed E-state index contributed by atoms with van der Waals surface area (Å²) in [5.74, 6) is -1.92. The number of benzene rings is 4. The molecule has 0 atom stereocenters. The minimum absolute atomic E-state index is 0.191. The third-order valence-corrected chi connectivity index (χ3v) is 5.27. The molecule has 0 unspecified atom stereocenters. The maximum absolute atomic E-state index is 12.3. The van der Waals surface area contributed by atoms with E-state index in [2.05, 4.69) is 12.1 Å². The highest BCUT2D eigenvalue weighted by Gasteiger charge is 2.19. The number of hydrogen-bond acceptors (Lipinski definition) is 6. The van der Waals surface area contributed by atoms with Gasteiger partial charge < -0.3 is 9.47 Å². The van der Waals surface area contributed by atoms with Gasteiger partial charge in [-0.1, -0.05) is 72.8 Å². The van der Waals surface area contributed by atoms with Crippen molar-refractivity contribution in [3.8, 4) is 23.6 Å². The average Bonchev–Trinajstić information content (AvgIpc) is 2.95. The SMILES string of the molecule is N#Cc1cccc(/C=C/c2cccc(OC(=O)C(=O)Oc3cccc(/C=C/c4cccc(C#N)c4)c3)c2)c1. The van der Waals surface area contributed by atoms with Crippen LogP contribution in [0.4, 0.5) is 0 Å². The Balaban J connectivity index is 1.38. The smallest absolute Gasteiger partial charge is 0.418 e. The van der Waals surface area contributed by atoms with Crippen LogP contribution >= 0.6 is 0 Å². The average molecular weight is 497 g/mol. The van der Waals surface area contributed by atoms with Crippen molar-refractivity contribution in [3.05, 3.63) is 130 Å². The minimum atomic E-state index is -1.15. The van der Waals surface area contributed by atoms with Crippen molar-refractivity contribution in [2.24, 2.45) is 0 Å². The first kappa shape index (κ1) is 25.4. The van der Waals surface area contributed by atoms with Crippen LogP contribution in [0.25, 0.3) is 24.3 Å². The normalized spacial score (nSPS) is 10.6. The molecule has 0 bridgehead atoms. The summed E-state index contributed by atoms with van der Waals surface area (Å²) < 4.78 is 10.4. The molecule has 0 saturated carbocycles. The van der Waals surface area contributed by atoms with Crippen LogP contribution < -0.4 is 9.47 Å². The van der Waals surface area contributed by atoms with Crippen molar-refractivity contribution in [2.75, 3.05) is 0 Å². The fourth-order valence-electron chi connectivity index (χ4n) is 3.47. The summed E-state index contributed by atoms with van der Waals surface area (Å²) in [5, 5.41) is 18.1. The fraction of sp³-hybridized carbons (Fsp3) is 0. The van der Waals surface area contributed by atoms with Crippen LogP contribution in [-0.4, -0.2) is 11.9 Å². The lowest BCUT2D eigenvalue weighted by Crippen LogP contribution is -2.25. The first-order valence-corrected chi connectivity index (χ1v) is 11.5. The van der Waals surface area contributed by atoms with Crippen LogP contribution in [0.5, 0.6) is 11.5 Å². The maximum atomic E-state index is 12.3. The van der Waals surface area contributed by atoms with Gasteiger partial charge in [0.25, 0.3) is 0 Å². The van der Waals surface area contributed by atoms with Crippen molar-refractivity contribution in [2.45, 2.75) is 0 Å². The van der Waals surface area contributed by atoms with Gasteiger partial charge in [-0.3, -0.25) is 0 Å². The summed E-state index contributed by atoms with van der Waals surface area (Å²) in [5.41, 5.74) is 4.29. The molecule has 6 heteroatoms. The number of hydrogen-bond donors (Lipinski definition) is 0. The van der Waals surface area contributed by atoms with Gasteiger partial charge in [0, 0.05) is 0 Å². The van der Waals surface area contributed by atoms with E-state index < -0.39 is 11.9 Å². The Morgan fingerprint density at radius 3 is 1.24 bits per heavy atom. The number of rotatable bonds is 6. The molecule has 0 aromatic heterocycles. The zero-order chi connectivity index (χ0) is 26.7. The second-order valence-corrected chi connectivity index (χ2v) is 8.07. The van der Waals surface area contributed by atoms with Gasteiger partial charge in [-0.2, -0.15) is 10.5 Å². The molecule has 0 fully saturated rings. The van der Waals surface area contributed by atoms with E-state index in [0.717, 1.165) is 22.3 Å². The first-order valence-electron chi connectivity index (χ1n) is 11.5. The van der Waals surface area contributed by atoms with Gasteiger partial charge in [0.1, 0.15) is 11.5 Å². The highest BCUT2D eigenvalue weighted by Crippen LogP contribution is 2.19. The molecule has 0 amide bonds. The second kappa shape index (κ2) is 12.3. The Morgan fingerprint density at radius 1 is 0.526 bits per heavy atom. The fourth-order valence-corrected chi connectivity index (χ4v) is 3.47. The van der Waals surface area contributed by atoms with Gasteiger partial charge in [-0.25, -0.2) is 9.59 Å². The molecule has 182 valence electrons. The van der Waals surface area contributed by atoms with Crippen molar-refractivity contribution in [3.63, 3.8) is 0 Å². The third-order valence-electron chi connectivity index (χ3n) is 5.27. The van der Waals surface area contributed by atoms with Gasteiger partial charge >= 0.3 is 11.9 Å². The largest absolute Gasteiger partial charge is 0.423 e. The summed E-state index contributed by atoms with van der Waals surface area (Å²) in [4.78, 5) is 24.7. The van der Waals surface area contributed by atoms with E-state index in [4.69, 9.17) is 20.0 Å². The molecule has 4 aromatic rings. The third kappa shape index (κ3) is 7.14. The van der Waals surface area contributed by atoms with E-state index in [0.29, 0.717) is 11.1 Å². The molecule has 0 heterocycles. The number of ether oxygens (including phenoxy) is 2. The van der Waals surface area contributed by atoms with E-state index in [1.165, 1.54) is 0 Å². The van der Waals surface area contributed by atoms with Crippen LogP contribution in [0.3, 0.4) is 0 Å². The molecule has 0 N–H and O–H groups in total. The van der Waals surface area contributed by atoms with Gasteiger partial charge in [0.2, 0.25) is 0 Å². The summed E-state index contributed by atoms with van der Waals surface area (Å²) in [6, 6.07) is 31.9. The number of esters is 2. The van der Waals surface area contributed by atoms with Crippen molar-refractivity contribution in [1.29, 1.82) is 10.5 Å². The Labute approximate surface area is 219 Å². The second-order valence-electron chi connectivity index (χ2n) is 8.07.